The third-order valence-electron chi connectivity index (χ3n) is 4.02. The Balaban J connectivity index is 1.75. The molecule has 0 aliphatic carbocycles. The van der Waals surface area contributed by atoms with Gasteiger partial charge in [0.1, 0.15) is 0 Å². The van der Waals surface area contributed by atoms with Crippen molar-refractivity contribution >= 4 is 11.5 Å². The molecule has 1 aliphatic rings. The van der Waals surface area contributed by atoms with Crippen molar-refractivity contribution in [2.45, 2.75) is 13.3 Å². The van der Waals surface area contributed by atoms with Crippen molar-refractivity contribution in [2.75, 3.05) is 13.1 Å². The standard InChI is InChI=1S/C19H19NO/c1-15-7-5-6-10-18(15)19(21)20-13-11-17(12-14-20)16-8-3-2-4-9-16/h2-11H,12-14H2,1H3. The van der Waals surface area contributed by atoms with Gasteiger partial charge in [-0.2, -0.15) is 0 Å². The fourth-order valence-electron chi connectivity index (χ4n) is 2.75. The summed E-state index contributed by atoms with van der Waals surface area (Å²) >= 11 is 0. The monoisotopic (exact) mass is 277 g/mol. The van der Waals surface area contributed by atoms with Crippen molar-refractivity contribution in [3.63, 3.8) is 0 Å². The molecule has 0 N–H and O–H groups in total. The van der Waals surface area contributed by atoms with Crippen molar-refractivity contribution in [2.24, 2.45) is 0 Å². The van der Waals surface area contributed by atoms with Crippen LogP contribution in [0.15, 0.2) is 60.7 Å². The van der Waals surface area contributed by atoms with Gasteiger partial charge in [-0.05, 0) is 36.1 Å². The number of aryl methyl sites for hydroxylation is 1. The highest BCUT2D eigenvalue weighted by atomic mass is 16.2. The first-order chi connectivity index (χ1) is 10.3. The van der Waals surface area contributed by atoms with Crippen molar-refractivity contribution in [1.29, 1.82) is 0 Å². The smallest absolute Gasteiger partial charge is 0.254 e. The zero-order chi connectivity index (χ0) is 14.7. The lowest BCUT2D eigenvalue weighted by molar-refractivity contribution is 0.0772. The normalized spacial score (nSPS) is 14.7. The van der Waals surface area contributed by atoms with Crippen LogP contribution in [0.5, 0.6) is 0 Å². The predicted molar refractivity (Wildman–Crippen MR) is 86.1 cm³/mol. The maximum absolute atomic E-state index is 12.6. The second-order valence-electron chi connectivity index (χ2n) is 5.41. The van der Waals surface area contributed by atoms with Gasteiger partial charge in [-0.25, -0.2) is 0 Å². The van der Waals surface area contributed by atoms with Crippen LogP contribution >= 0.6 is 0 Å². The van der Waals surface area contributed by atoms with E-state index in [1.54, 1.807) is 0 Å². The zero-order valence-electron chi connectivity index (χ0n) is 12.3. The molecule has 0 spiro atoms. The van der Waals surface area contributed by atoms with E-state index in [0.717, 1.165) is 24.1 Å². The van der Waals surface area contributed by atoms with Gasteiger partial charge in [0.25, 0.3) is 5.91 Å². The Bertz CT molecular complexity index is 673. The van der Waals surface area contributed by atoms with Gasteiger partial charge in [-0.1, -0.05) is 54.6 Å². The highest BCUT2D eigenvalue weighted by Gasteiger charge is 2.20. The SMILES string of the molecule is Cc1ccccc1C(=O)N1CC=C(c2ccccc2)CC1. The van der Waals surface area contributed by atoms with E-state index in [2.05, 4.69) is 30.3 Å². The molecule has 0 saturated carbocycles. The first-order valence-corrected chi connectivity index (χ1v) is 7.35. The van der Waals surface area contributed by atoms with E-state index in [9.17, 15) is 4.79 Å². The second kappa shape index (κ2) is 5.96. The summed E-state index contributed by atoms with van der Waals surface area (Å²) in [6, 6.07) is 18.2. The van der Waals surface area contributed by atoms with Gasteiger partial charge < -0.3 is 4.90 Å². The Morgan fingerprint density at radius 3 is 2.38 bits per heavy atom. The summed E-state index contributed by atoms with van der Waals surface area (Å²) in [4.78, 5) is 14.5. The number of nitrogens with zero attached hydrogens (tertiary/aromatic N) is 1. The molecule has 0 fully saturated rings. The molecule has 0 saturated heterocycles. The lowest BCUT2D eigenvalue weighted by atomic mass is 9.99. The number of benzene rings is 2. The van der Waals surface area contributed by atoms with Crippen molar-refractivity contribution in [3.8, 4) is 0 Å². The fourth-order valence-corrected chi connectivity index (χ4v) is 2.75. The Hall–Kier alpha value is -2.35. The molecule has 2 nitrogen and oxygen atoms in total. The molecular formula is C19H19NO. The maximum atomic E-state index is 12.6. The third kappa shape index (κ3) is 2.89. The molecule has 1 aliphatic heterocycles. The minimum atomic E-state index is 0.136. The molecule has 1 amide bonds. The summed E-state index contributed by atoms with van der Waals surface area (Å²) in [6.45, 7) is 3.47. The average molecular weight is 277 g/mol. The molecule has 3 rings (SSSR count). The molecule has 1 heterocycles. The van der Waals surface area contributed by atoms with Gasteiger partial charge >= 0.3 is 0 Å². The summed E-state index contributed by atoms with van der Waals surface area (Å²) in [7, 11) is 0. The van der Waals surface area contributed by atoms with Crippen LogP contribution in [0.25, 0.3) is 5.57 Å². The molecular weight excluding hydrogens is 258 g/mol. The quantitative estimate of drug-likeness (QED) is 0.814. The lowest BCUT2D eigenvalue weighted by Gasteiger charge is -2.27. The van der Waals surface area contributed by atoms with Gasteiger partial charge in [0.15, 0.2) is 0 Å². The van der Waals surface area contributed by atoms with Crippen LogP contribution in [-0.4, -0.2) is 23.9 Å². The van der Waals surface area contributed by atoms with E-state index in [0.29, 0.717) is 6.54 Å². The van der Waals surface area contributed by atoms with E-state index < -0.39 is 0 Å². The summed E-state index contributed by atoms with van der Waals surface area (Å²) in [5.41, 5.74) is 4.46. The van der Waals surface area contributed by atoms with Gasteiger partial charge in [0, 0.05) is 18.7 Å². The number of carbonyl (C=O) groups excluding carboxylic acids is 1. The number of amides is 1. The highest BCUT2D eigenvalue weighted by Crippen LogP contribution is 2.23. The van der Waals surface area contributed by atoms with Crippen LogP contribution in [0, 0.1) is 6.92 Å². The largest absolute Gasteiger partial charge is 0.335 e. The van der Waals surface area contributed by atoms with Crippen LogP contribution in [0.4, 0.5) is 0 Å². The molecule has 0 bridgehead atoms. The fraction of sp³-hybridized carbons (Fsp3) is 0.211. The number of hydrogen-bond donors (Lipinski definition) is 0. The van der Waals surface area contributed by atoms with E-state index in [1.165, 1.54) is 11.1 Å². The molecule has 2 aromatic rings. The van der Waals surface area contributed by atoms with Gasteiger partial charge in [-0.15, -0.1) is 0 Å². The topological polar surface area (TPSA) is 20.3 Å². The minimum Gasteiger partial charge on any atom is -0.335 e. The van der Waals surface area contributed by atoms with Gasteiger partial charge in [0.05, 0.1) is 0 Å². The minimum absolute atomic E-state index is 0.136. The first-order valence-electron chi connectivity index (χ1n) is 7.35. The second-order valence-corrected chi connectivity index (χ2v) is 5.41. The molecule has 0 unspecified atom stereocenters. The summed E-state index contributed by atoms with van der Waals surface area (Å²) in [6.07, 6.45) is 3.09. The molecule has 106 valence electrons. The number of hydrogen-bond acceptors (Lipinski definition) is 1. The Labute approximate surface area is 125 Å². The van der Waals surface area contributed by atoms with Crippen molar-refractivity contribution in [1.82, 2.24) is 4.90 Å². The van der Waals surface area contributed by atoms with E-state index in [4.69, 9.17) is 0 Å². The van der Waals surface area contributed by atoms with E-state index in [-0.39, 0.29) is 5.91 Å². The maximum Gasteiger partial charge on any atom is 0.254 e. The molecule has 0 aromatic heterocycles. The highest BCUT2D eigenvalue weighted by molar-refractivity contribution is 5.96. The van der Waals surface area contributed by atoms with Gasteiger partial charge in [0.2, 0.25) is 0 Å². The summed E-state index contributed by atoms with van der Waals surface area (Å²) in [5, 5.41) is 0. The Kier molecular flexibility index (Phi) is 3.87. The van der Waals surface area contributed by atoms with Gasteiger partial charge in [-0.3, -0.25) is 4.79 Å². The number of rotatable bonds is 2. The number of carbonyl (C=O) groups is 1. The first kappa shape index (κ1) is 13.6. The predicted octanol–water partition coefficient (Wildman–Crippen LogP) is 3.92. The van der Waals surface area contributed by atoms with Crippen LogP contribution in [0.1, 0.15) is 27.9 Å². The molecule has 2 heteroatoms. The third-order valence-corrected chi connectivity index (χ3v) is 4.02. The van der Waals surface area contributed by atoms with Crippen LogP contribution < -0.4 is 0 Å². The zero-order valence-corrected chi connectivity index (χ0v) is 12.3. The van der Waals surface area contributed by atoms with Crippen LogP contribution in [-0.2, 0) is 0 Å². The van der Waals surface area contributed by atoms with Crippen LogP contribution in [0.2, 0.25) is 0 Å². The lowest BCUT2D eigenvalue weighted by Crippen LogP contribution is -2.35. The molecule has 0 radical (unpaired) electrons. The summed E-state index contributed by atoms with van der Waals surface area (Å²) in [5.74, 6) is 0.136. The molecule has 0 atom stereocenters. The Morgan fingerprint density at radius 2 is 1.71 bits per heavy atom. The average Bonchev–Trinajstić information content (AvgIpc) is 2.56. The molecule has 21 heavy (non-hydrogen) atoms. The van der Waals surface area contributed by atoms with Crippen molar-refractivity contribution < 1.29 is 4.79 Å². The van der Waals surface area contributed by atoms with E-state index >= 15 is 0 Å². The van der Waals surface area contributed by atoms with E-state index in [1.807, 2.05) is 42.2 Å². The summed E-state index contributed by atoms with van der Waals surface area (Å²) < 4.78 is 0. The van der Waals surface area contributed by atoms with Crippen molar-refractivity contribution in [3.05, 3.63) is 77.4 Å². The molecule has 2 aromatic carbocycles. The van der Waals surface area contributed by atoms with Crippen LogP contribution in [0.3, 0.4) is 0 Å². The Morgan fingerprint density at radius 1 is 1.00 bits per heavy atom.